The second-order valence-corrected chi connectivity index (χ2v) is 6.50. The van der Waals surface area contributed by atoms with Crippen molar-refractivity contribution in [1.82, 2.24) is 4.90 Å². The number of rotatable bonds is 3. The first kappa shape index (κ1) is 18.0. The highest BCUT2D eigenvalue weighted by Crippen LogP contribution is 2.22. The summed E-state index contributed by atoms with van der Waals surface area (Å²) >= 11 is 0. The molecule has 2 aromatic rings. The minimum absolute atomic E-state index is 0.0563. The molecule has 1 N–H and O–H groups in total. The summed E-state index contributed by atoms with van der Waals surface area (Å²) in [6, 6.07) is 10.7. The number of nitrogens with zero attached hydrogens (tertiary/aromatic N) is 1. The number of benzene rings is 2. The van der Waals surface area contributed by atoms with E-state index in [4.69, 9.17) is 0 Å². The van der Waals surface area contributed by atoms with Gasteiger partial charge in [0.05, 0.1) is 0 Å². The summed E-state index contributed by atoms with van der Waals surface area (Å²) < 4.78 is 26.3. The van der Waals surface area contributed by atoms with Gasteiger partial charge in [-0.05, 0) is 49.6 Å². The smallest absolute Gasteiger partial charge is 0.253 e. The third kappa shape index (κ3) is 3.90. The number of halogens is 2. The van der Waals surface area contributed by atoms with Crippen molar-refractivity contribution in [3.8, 4) is 0 Å². The normalized spacial score (nSPS) is 15.0. The molecule has 1 aliphatic heterocycles. The second-order valence-electron chi connectivity index (χ2n) is 6.50. The molecule has 1 heterocycles. The molecule has 1 fully saturated rings. The highest BCUT2D eigenvalue weighted by molar-refractivity contribution is 5.95. The molecule has 1 aliphatic rings. The van der Waals surface area contributed by atoms with E-state index in [1.54, 1.807) is 4.90 Å². The van der Waals surface area contributed by atoms with Crippen molar-refractivity contribution in [2.75, 3.05) is 18.4 Å². The van der Waals surface area contributed by atoms with E-state index >= 15 is 0 Å². The minimum Gasteiger partial charge on any atom is -0.339 e. The number of anilines is 1. The number of hydrogen-bond donors (Lipinski definition) is 1. The monoisotopic (exact) mass is 358 g/mol. The van der Waals surface area contributed by atoms with Crippen molar-refractivity contribution in [3.05, 3.63) is 65.2 Å². The van der Waals surface area contributed by atoms with E-state index in [9.17, 15) is 18.4 Å². The molecule has 136 valence electrons. The van der Waals surface area contributed by atoms with Crippen molar-refractivity contribution in [1.29, 1.82) is 0 Å². The summed E-state index contributed by atoms with van der Waals surface area (Å²) in [6.07, 6.45) is 1.07. The molecule has 0 aliphatic carbocycles. The van der Waals surface area contributed by atoms with Crippen molar-refractivity contribution in [3.63, 3.8) is 0 Å². The Morgan fingerprint density at radius 3 is 2.38 bits per heavy atom. The Morgan fingerprint density at radius 1 is 1.04 bits per heavy atom. The lowest BCUT2D eigenvalue weighted by Crippen LogP contribution is -2.41. The van der Waals surface area contributed by atoms with Gasteiger partial charge in [0.25, 0.3) is 5.91 Å². The summed E-state index contributed by atoms with van der Waals surface area (Å²) in [4.78, 5) is 26.4. The molecule has 2 aromatic carbocycles. The predicted molar refractivity (Wildman–Crippen MR) is 94.8 cm³/mol. The van der Waals surface area contributed by atoms with Gasteiger partial charge in [-0.25, -0.2) is 8.78 Å². The largest absolute Gasteiger partial charge is 0.339 e. The molecule has 0 bridgehead atoms. The van der Waals surface area contributed by atoms with Gasteiger partial charge in [-0.2, -0.15) is 0 Å². The van der Waals surface area contributed by atoms with Crippen molar-refractivity contribution < 1.29 is 18.4 Å². The Balaban J connectivity index is 1.58. The van der Waals surface area contributed by atoms with E-state index in [1.807, 2.05) is 31.2 Å². The molecule has 0 spiro atoms. The number of nitrogens with one attached hydrogen (secondary N) is 1. The lowest BCUT2D eigenvalue weighted by Gasteiger charge is -2.31. The number of carbonyl (C=O) groups excluding carboxylic acids is 2. The zero-order valence-electron chi connectivity index (χ0n) is 14.5. The Hall–Kier alpha value is -2.76. The van der Waals surface area contributed by atoms with E-state index < -0.39 is 11.6 Å². The van der Waals surface area contributed by atoms with Crippen LogP contribution in [-0.2, 0) is 4.79 Å². The first-order valence-electron chi connectivity index (χ1n) is 8.56. The summed E-state index contributed by atoms with van der Waals surface area (Å²) in [6.45, 7) is 2.74. The maximum absolute atomic E-state index is 13.3. The zero-order valence-corrected chi connectivity index (χ0v) is 14.5. The number of carbonyl (C=O) groups is 2. The third-order valence-corrected chi connectivity index (χ3v) is 4.72. The molecule has 0 aromatic heterocycles. The number of likely N-dealkylation sites (tertiary alicyclic amines) is 1. The summed E-state index contributed by atoms with van der Waals surface area (Å²) in [7, 11) is 0. The molecule has 0 unspecified atom stereocenters. The van der Waals surface area contributed by atoms with Crippen molar-refractivity contribution in [2.24, 2.45) is 5.92 Å². The number of piperidine rings is 1. The number of aryl methyl sites for hydroxylation is 1. The second kappa shape index (κ2) is 7.64. The van der Waals surface area contributed by atoms with Gasteiger partial charge in [-0.1, -0.05) is 18.2 Å². The molecule has 2 amide bonds. The summed E-state index contributed by atoms with van der Waals surface area (Å²) in [5.74, 6) is -2.60. The highest BCUT2D eigenvalue weighted by atomic mass is 19.2. The van der Waals surface area contributed by atoms with Crippen LogP contribution in [-0.4, -0.2) is 29.8 Å². The van der Waals surface area contributed by atoms with Crippen LogP contribution in [0.4, 0.5) is 14.5 Å². The summed E-state index contributed by atoms with van der Waals surface area (Å²) in [5, 5.41) is 2.94. The van der Waals surface area contributed by atoms with Gasteiger partial charge in [0.1, 0.15) is 0 Å². The Labute approximate surface area is 150 Å². The number of hydrogen-bond acceptors (Lipinski definition) is 2. The van der Waals surface area contributed by atoms with Crippen LogP contribution in [0.3, 0.4) is 0 Å². The lowest BCUT2D eigenvalue weighted by atomic mass is 9.95. The predicted octanol–water partition coefficient (Wildman–Crippen LogP) is 3.76. The van der Waals surface area contributed by atoms with Gasteiger partial charge in [-0.3, -0.25) is 9.59 Å². The third-order valence-electron chi connectivity index (χ3n) is 4.72. The molecule has 0 atom stereocenters. The van der Waals surface area contributed by atoms with E-state index in [2.05, 4.69) is 5.32 Å². The van der Waals surface area contributed by atoms with Gasteiger partial charge in [0, 0.05) is 30.3 Å². The number of amides is 2. The van der Waals surface area contributed by atoms with Crippen LogP contribution in [0.1, 0.15) is 28.8 Å². The topological polar surface area (TPSA) is 49.4 Å². The molecular formula is C20H20F2N2O2. The van der Waals surface area contributed by atoms with E-state index in [-0.39, 0.29) is 23.3 Å². The van der Waals surface area contributed by atoms with Gasteiger partial charge < -0.3 is 10.2 Å². The Bertz CT molecular complexity index is 830. The Kier molecular flexibility index (Phi) is 5.30. The average Bonchev–Trinajstić information content (AvgIpc) is 2.65. The zero-order chi connectivity index (χ0) is 18.7. The average molecular weight is 358 g/mol. The van der Waals surface area contributed by atoms with E-state index in [0.29, 0.717) is 25.9 Å². The van der Waals surface area contributed by atoms with Gasteiger partial charge in [-0.15, -0.1) is 0 Å². The van der Waals surface area contributed by atoms with E-state index in [0.717, 1.165) is 23.4 Å². The fourth-order valence-corrected chi connectivity index (χ4v) is 3.10. The lowest BCUT2D eigenvalue weighted by molar-refractivity contribution is -0.121. The van der Waals surface area contributed by atoms with Gasteiger partial charge >= 0.3 is 0 Å². The molecular weight excluding hydrogens is 338 g/mol. The molecule has 3 rings (SSSR count). The highest BCUT2D eigenvalue weighted by Gasteiger charge is 2.28. The van der Waals surface area contributed by atoms with Crippen LogP contribution >= 0.6 is 0 Å². The van der Waals surface area contributed by atoms with Crippen LogP contribution in [0.25, 0.3) is 0 Å². The first-order chi connectivity index (χ1) is 12.5. The van der Waals surface area contributed by atoms with Crippen LogP contribution in [0.5, 0.6) is 0 Å². The van der Waals surface area contributed by atoms with Crippen molar-refractivity contribution >= 4 is 17.5 Å². The fraction of sp³-hybridized carbons (Fsp3) is 0.300. The number of para-hydroxylation sites is 1. The molecule has 1 saturated heterocycles. The van der Waals surface area contributed by atoms with Crippen LogP contribution in [0.2, 0.25) is 0 Å². The molecule has 0 radical (unpaired) electrons. The quantitative estimate of drug-likeness (QED) is 0.908. The molecule has 0 saturated carbocycles. The van der Waals surface area contributed by atoms with Crippen LogP contribution < -0.4 is 5.32 Å². The van der Waals surface area contributed by atoms with Gasteiger partial charge in [0.2, 0.25) is 5.91 Å². The fourth-order valence-electron chi connectivity index (χ4n) is 3.10. The van der Waals surface area contributed by atoms with Crippen LogP contribution in [0, 0.1) is 24.5 Å². The van der Waals surface area contributed by atoms with Crippen LogP contribution in [0.15, 0.2) is 42.5 Å². The molecule has 4 nitrogen and oxygen atoms in total. The van der Waals surface area contributed by atoms with Gasteiger partial charge in [0.15, 0.2) is 11.6 Å². The van der Waals surface area contributed by atoms with E-state index in [1.165, 1.54) is 6.07 Å². The van der Waals surface area contributed by atoms with Crippen molar-refractivity contribution in [2.45, 2.75) is 19.8 Å². The summed E-state index contributed by atoms with van der Waals surface area (Å²) in [5.41, 5.74) is 1.90. The first-order valence-corrected chi connectivity index (χ1v) is 8.56. The Morgan fingerprint density at radius 2 is 1.73 bits per heavy atom. The SMILES string of the molecule is Cc1ccccc1NC(=O)C1CCN(C(=O)c2ccc(F)c(F)c2)CC1. The maximum atomic E-state index is 13.3. The standard InChI is InChI=1S/C20H20F2N2O2/c1-13-4-2-3-5-18(13)23-19(25)14-8-10-24(11-9-14)20(26)15-6-7-16(21)17(22)12-15/h2-7,12,14H,8-11H2,1H3,(H,23,25). The molecule has 26 heavy (non-hydrogen) atoms. The minimum atomic E-state index is -1.04. The maximum Gasteiger partial charge on any atom is 0.253 e. The molecule has 6 heteroatoms.